The third-order valence-electron chi connectivity index (χ3n) is 1.79. The molecular formula is C12H8ClCrN2O4. The van der Waals surface area contributed by atoms with Gasteiger partial charge in [0.1, 0.15) is 0 Å². The molecule has 20 heavy (non-hydrogen) atoms. The number of aromatic nitrogens is 2. The molecule has 2 aromatic rings. The number of nitrogens with zero attached hydrogens (tertiary/aromatic N) is 2. The van der Waals surface area contributed by atoms with Crippen LogP contribution in [0.3, 0.4) is 0 Å². The first-order valence-corrected chi connectivity index (χ1v) is 4.84. The maximum atomic E-state index is 10.0. The summed E-state index contributed by atoms with van der Waals surface area (Å²) in [5, 5.41) is 20.1. The van der Waals surface area contributed by atoms with Crippen LogP contribution in [0.25, 0.3) is 0 Å². The molecule has 0 fully saturated rings. The van der Waals surface area contributed by atoms with Crippen molar-refractivity contribution in [2.24, 2.45) is 0 Å². The van der Waals surface area contributed by atoms with Crippen LogP contribution in [0.1, 0.15) is 20.7 Å². The Kier molecular flexibility index (Phi) is 11.1. The van der Waals surface area contributed by atoms with Gasteiger partial charge in [-0.2, -0.15) is 0 Å². The number of carboxylic acids is 2. The van der Waals surface area contributed by atoms with Gasteiger partial charge in [-0.25, -0.2) is 0 Å². The minimum atomic E-state index is -1.19. The van der Waals surface area contributed by atoms with E-state index in [2.05, 4.69) is 9.97 Å². The zero-order valence-electron chi connectivity index (χ0n) is 9.93. The van der Waals surface area contributed by atoms with Crippen LogP contribution >= 0.6 is 0 Å². The van der Waals surface area contributed by atoms with E-state index < -0.39 is 11.9 Å². The summed E-state index contributed by atoms with van der Waals surface area (Å²) in [6, 6.07) is 5.96. The van der Waals surface area contributed by atoms with Crippen LogP contribution in [-0.2, 0) is 17.4 Å². The number of aromatic carboxylic acids is 2. The molecule has 0 N–H and O–H groups in total. The average Bonchev–Trinajstić information content (AvgIpc) is 2.41. The summed E-state index contributed by atoms with van der Waals surface area (Å²) in [6.07, 6.45) is 5.50. The third kappa shape index (κ3) is 7.49. The van der Waals surface area contributed by atoms with E-state index in [9.17, 15) is 19.8 Å². The van der Waals surface area contributed by atoms with Crippen LogP contribution in [0.2, 0.25) is 0 Å². The first-order valence-electron chi connectivity index (χ1n) is 4.84. The Bertz CT molecular complexity index is 476. The van der Waals surface area contributed by atoms with E-state index in [1.54, 1.807) is 12.1 Å². The summed E-state index contributed by atoms with van der Waals surface area (Å²) in [5.41, 5.74) is 0.218. The van der Waals surface area contributed by atoms with Gasteiger partial charge in [-0.3, -0.25) is 9.97 Å². The van der Waals surface area contributed by atoms with Gasteiger partial charge in [-0.15, -0.1) is 0 Å². The van der Waals surface area contributed by atoms with E-state index in [1.807, 2.05) is 0 Å². The number of carbonyl (C=O) groups is 2. The summed E-state index contributed by atoms with van der Waals surface area (Å²) >= 11 is 0. The SMILES string of the molecule is O=C([O-])c1cccnc1.O=C([O-])c1cccnc1.[Cl-].[Cr+3]. The average molecular weight is 332 g/mol. The fraction of sp³-hybridized carbons (Fsp3) is 0. The number of hydrogen-bond donors (Lipinski definition) is 0. The number of pyridine rings is 2. The van der Waals surface area contributed by atoms with Crippen molar-refractivity contribution in [2.75, 3.05) is 0 Å². The Morgan fingerprint density at radius 1 is 0.850 bits per heavy atom. The predicted octanol–water partition coefficient (Wildman–Crippen LogP) is -4.11. The van der Waals surface area contributed by atoms with Crippen LogP contribution in [0, 0.1) is 0 Å². The van der Waals surface area contributed by atoms with E-state index in [0.717, 1.165) is 0 Å². The van der Waals surface area contributed by atoms with Crippen molar-refractivity contribution in [3.05, 3.63) is 60.2 Å². The molecule has 103 valence electrons. The Labute approximate surface area is 132 Å². The molecule has 6 nitrogen and oxygen atoms in total. The fourth-order valence-electron chi connectivity index (χ4n) is 0.967. The smallest absolute Gasteiger partial charge is 1.00 e. The van der Waals surface area contributed by atoms with Crippen LogP contribution in [0.4, 0.5) is 0 Å². The fourth-order valence-corrected chi connectivity index (χ4v) is 0.967. The molecule has 2 heterocycles. The Balaban J connectivity index is 0. The molecule has 0 spiro atoms. The number of hydrogen-bond acceptors (Lipinski definition) is 6. The standard InChI is InChI=1S/2C6H5NO2.ClH.Cr/c2*8-6(9)5-2-1-3-7-4-5;;/h2*1-4H,(H,8,9);1H;/q;;;+3/p-3. The first-order chi connectivity index (χ1) is 8.61. The van der Waals surface area contributed by atoms with Crippen molar-refractivity contribution in [3.8, 4) is 0 Å². The van der Waals surface area contributed by atoms with Crippen molar-refractivity contribution >= 4 is 11.9 Å². The van der Waals surface area contributed by atoms with E-state index in [-0.39, 0.29) is 40.9 Å². The molecule has 0 bridgehead atoms. The molecule has 0 aliphatic rings. The Morgan fingerprint density at radius 2 is 1.20 bits per heavy atom. The predicted molar refractivity (Wildman–Crippen MR) is 57.1 cm³/mol. The van der Waals surface area contributed by atoms with Crippen LogP contribution < -0.4 is 22.6 Å². The minimum absolute atomic E-state index is 0. The third-order valence-corrected chi connectivity index (χ3v) is 1.79. The van der Waals surface area contributed by atoms with E-state index in [4.69, 9.17) is 0 Å². The number of carbonyl (C=O) groups excluding carboxylic acids is 2. The van der Waals surface area contributed by atoms with Gasteiger partial charge in [0, 0.05) is 35.9 Å². The van der Waals surface area contributed by atoms with Crippen LogP contribution in [0.5, 0.6) is 0 Å². The van der Waals surface area contributed by atoms with E-state index >= 15 is 0 Å². The molecule has 0 unspecified atom stereocenters. The molecule has 0 saturated heterocycles. The minimum Gasteiger partial charge on any atom is -1.00 e. The van der Waals surface area contributed by atoms with Gasteiger partial charge in [0.05, 0.1) is 11.9 Å². The number of rotatable bonds is 2. The monoisotopic (exact) mass is 331 g/mol. The molecule has 2 aromatic heterocycles. The molecule has 2 rings (SSSR count). The normalized spacial score (nSPS) is 8.00. The molecule has 0 aliphatic heterocycles. The van der Waals surface area contributed by atoms with Gasteiger partial charge < -0.3 is 32.2 Å². The maximum Gasteiger partial charge on any atom is 3.00 e. The molecule has 1 radical (unpaired) electrons. The zero-order valence-corrected chi connectivity index (χ0v) is 12.0. The molecule has 0 amide bonds. The number of carboxylic acid groups (broad SMARTS) is 2. The van der Waals surface area contributed by atoms with Crippen molar-refractivity contribution in [1.29, 1.82) is 0 Å². The van der Waals surface area contributed by atoms with Crippen molar-refractivity contribution in [1.82, 2.24) is 9.97 Å². The summed E-state index contributed by atoms with van der Waals surface area (Å²) in [5.74, 6) is -2.38. The van der Waals surface area contributed by atoms with E-state index in [0.29, 0.717) is 0 Å². The zero-order chi connectivity index (χ0) is 13.4. The number of halogens is 1. The topological polar surface area (TPSA) is 106 Å². The molecule has 0 atom stereocenters. The van der Waals surface area contributed by atoms with Crippen LogP contribution in [-0.4, -0.2) is 21.9 Å². The first kappa shape index (κ1) is 20.4. The van der Waals surface area contributed by atoms with Crippen molar-refractivity contribution < 1.29 is 49.6 Å². The maximum absolute atomic E-state index is 10.0. The molecular weight excluding hydrogens is 324 g/mol. The summed E-state index contributed by atoms with van der Waals surface area (Å²) in [4.78, 5) is 27.3. The van der Waals surface area contributed by atoms with Gasteiger partial charge >= 0.3 is 17.4 Å². The van der Waals surface area contributed by atoms with Gasteiger partial charge in [0.25, 0.3) is 0 Å². The quantitative estimate of drug-likeness (QED) is 0.554. The second kappa shape index (κ2) is 10.9. The second-order valence-electron chi connectivity index (χ2n) is 3.06. The van der Waals surface area contributed by atoms with Gasteiger partial charge in [0.15, 0.2) is 0 Å². The van der Waals surface area contributed by atoms with Gasteiger partial charge in [-0.1, -0.05) is 12.1 Å². The summed E-state index contributed by atoms with van der Waals surface area (Å²) < 4.78 is 0. The largest absolute Gasteiger partial charge is 3.00 e. The molecule has 0 aromatic carbocycles. The van der Waals surface area contributed by atoms with Crippen molar-refractivity contribution in [2.45, 2.75) is 0 Å². The van der Waals surface area contributed by atoms with Crippen molar-refractivity contribution in [3.63, 3.8) is 0 Å². The van der Waals surface area contributed by atoms with Gasteiger partial charge in [-0.05, 0) is 12.1 Å². The summed E-state index contributed by atoms with van der Waals surface area (Å²) in [6.45, 7) is 0. The van der Waals surface area contributed by atoms with Gasteiger partial charge in [0.2, 0.25) is 0 Å². The Hall–Kier alpha value is -1.94. The second-order valence-corrected chi connectivity index (χ2v) is 3.06. The Morgan fingerprint density at radius 3 is 1.35 bits per heavy atom. The summed E-state index contributed by atoms with van der Waals surface area (Å²) in [7, 11) is 0. The molecule has 0 aliphatic carbocycles. The van der Waals surface area contributed by atoms with E-state index in [1.165, 1.54) is 36.9 Å². The van der Waals surface area contributed by atoms with Crippen LogP contribution in [0.15, 0.2) is 49.1 Å². The molecule has 0 saturated carbocycles. The molecule has 8 heteroatoms.